The van der Waals surface area contributed by atoms with Gasteiger partial charge in [0.2, 0.25) is 0 Å². The van der Waals surface area contributed by atoms with Crippen LogP contribution in [0.15, 0.2) is 40.3 Å². The Labute approximate surface area is 164 Å². The minimum atomic E-state index is -3.54. The second kappa shape index (κ2) is 7.48. The minimum Gasteiger partial charge on any atom is -0.334 e. The highest BCUT2D eigenvalue weighted by atomic mass is 32.2. The Balaban J connectivity index is 1.51. The van der Waals surface area contributed by atoms with E-state index in [2.05, 4.69) is 21.2 Å². The number of rotatable bonds is 5. The van der Waals surface area contributed by atoms with Gasteiger partial charge in [-0.1, -0.05) is 29.3 Å². The van der Waals surface area contributed by atoms with Crippen LogP contribution in [-0.2, 0) is 16.6 Å². The first-order chi connectivity index (χ1) is 13.4. The van der Waals surface area contributed by atoms with Gasteiger partial charge in [-0.05, 0) is 38.3 Å². The van der Waals surface area contributed by atoms with Crippen molar-refractivity contribution in [2.75, 3.05) is 13.1 Å². The molecule has 1 fully saturated rings. The molecular formula is C19H23N5O3S. The van der Waals surface area contributed by atoms with Crippen molar-refractivity contribution in [2.45, 2.75) is 44.7 Å². The Kier molecular flexibility index (Phi) is 5.03. The fraction of sp³-hybridized carbons (Fsp3) is 0.421. The lowest BCUT2D eigenvalue weighted by molar-refractivity contribution is 0.345. The predicted molar refractivity (Wildman–Crippen MR) is 103 cm³/mol. The van der Waals surface area contributed by atoms with Crippen molar-refractivity contribution in [1.82, 2.24) is 24.0 Å². The molecule has 0 spiro atoms. The number of piperidine rings is 1. The highest BCUT2D eigenvalue weighted by Crippen LogP contribution is 2.23. The highest BCUT2D eigenvalue weighted by molar-refractivity contribution is 7.89. The smallest absolute Gasteiger partial charge is 0.262 e. The van der Waals surface area contributed by atoms with Crippen LogP contribution in [-0.4, -0.2) is 45.5 Å². The third-order valence-electron chi connectivity index (χ3n) is 4.93. The first-order valence-electron chi connectivity index (χ1n) is 9.35. The van der Waals surface area contributed by atoms with E-state index in [4.69, 9.17) is 4.52 Å². The van der Waals surface area contributed by atoms with Crippen LogP contribution in [0.3, 0.4) is 0 Å². The maximum atomic E-state index is 12.7. The lowest BCUT2D eigenvalue weighted by atomic mass is 10.1. The molecule has 1 saturated heterocycles. The third kappa shape index (κ3) is 3.72. The van der Waals surface area contributed by atoms with Gasteiger partial charge in [-0.15, -0.1) is 0 Å². The summed E-state index contributed by atoms with van der Waals surface area (Å²) in [6.45, 7) is 5.43. The molecule has 1 aliphatic rings. The molecule has 1 aliphatic heterocycles. The van der Waals surface area contributed by atoms with E-state index in [1.54, 1.807) is 4.57 Å². The molecule has 9 heteroatoms. The maximum Gasteiger partial charge on any atom is 0.262 e. The molecule has 4 rings (SSSR count). The SMILES string of the molecule is Cc1ccc(-c2nc(Cn3cnc(S(=O)(=O)N4CCCCC4)c3)no2)c(C)c1. The van der Waals surface area contributed by atoms with Crippen molar-refractivity contribution in [2.24, 2.45) is 0 Å². The molecule has 2 aromatic heterocycles. The molecule has 0 saturated carbocycles. The average molecular weight is 401 g/mol. The molecule has 0 amide bonds. The number of nitrogens with zero attached hydrogens (tertiary/aromatic N) is 5. The van der Waals surface area contributed by atoms with Crippen LogP contribution in [0.2, 0.25) is 0 Å². The first kappa shape index (κ1) is 18.8. The molecule has 0 N–H and O–H groups in total. The second-order valence-corrected chi connectivity index (χ2v) is 9.07. The van der Waals surface area contributed by atoms with Crippen LogP contribution in [0, 0.1) is 13.8 Å². The van der Waals surface area contributed by atoms with Gasteiger partial charge in [-0.3, -0.25) is 0 Å². The van der Waals surface area contributed by atoms with E-state index in [9.17, 15) is 8.42 Å². The molecule has 8 nitrogen and oxygen atoms in total. The Morgan fingerprint density at radius 2 is 1.93 bits per heavy atom. The molecule has 1 aromatic carbocycles. The normalized spacial score (nSPS) is 15.8. The summed E-state index contributed by atoms with van der Waals surface area (Å²) in [7, 11) is -3.54. The average Bonchev–Trinajstić information content (AvgIpc) is 3.33. The topological polar surface area (TPSA) is 94.1 Å². The van der Waals surface area contributed by atoms with Gasteiger partial charge in [0, 0.05) is 24.8 Å². The summed E-state index contributed by atoms with van der Waals surface area (Å²) in [6, 6.07) is 6.02. The molecule has 0 aliphatic carbocycles. The number of imidazole rings is 1. The van der Waals surface area contributed by atoms with Gasteiger partial charge in [-0.25, -0.2) is 13.4 Å². The standard InChI is InChI=1S/C19H23N5O3S/c1-14-6-7-16(15(2)10-14)19-21-17(22-27-19)11-23-12-18(20-13-23)28(25,26)24-8-4-3-5-9-24/h6-7,10,12-13H,3-5,8-9,11H2,1-2H3. The number of aromatic nitrogens is 4. The van der Waals surface area contributed by atoms with Crippen molar-refractivity contribution in [3.63, 3.8) is 0 Å². The molecule has 0 atom stereocenters. The molecule has 0 radical (unpaired) electrons. The summed E-state index contributed by atoms with van der Waals surface area (Å²) in [5.74, 6) is 0.920. The van der Waals surface area contributed by atoms with Crippen molar-refractivity contribution in [1.29, 1.82) is 0 Å². The Morgan fingerprint density at radius 3 is 2.68 bits per heavy atom. The van der Waals surface area contributed by atoms with Crippen LogP contribution in [0.1, 0.15) is 36.2 Å². The Bertz CT molecular complexity index is 1080. The van der Waals surface area contributed by atoms with E-state index >= 15 is 0 Å². The molecule has 148 valence electrons. The van der Waals surface area contributed by atoms with E-state index in [0.717, 1.165) is 30.4 Å². The number of hydrogen-bond donors (Lipinski definition) is 0. The van der Waals surface area contributed by atoms with Gasteiger partial charge < -0.3 is 9.09 Å². The summed E-state index contributed by atoms with van der Waals surface area (Å²) in [6.07, 6.45) is 5.87. The number of hydrogen-bond acceptors (Lipinski definition) is 6. The summed E-state index contributed by atoms with van der Waals surface area (Å²) >= 11 is 0. The minimum absolute atomic E-state index is 0.0625. The lowest BCUT2D eigenvalue weighted by Gasteiger charge is -2.24. The van der Waals surface area contributed by atoms with Crippen LogP contribution < -0.4 is 0 Å². The van der Waals surface area contributed by atoms with Crippen molar-refractivity contribution >= 4 is 10.0 Å². The largest absolute Gasteiger partial charge is 0.334 e. The Hall–Kier alpha value is -2.52. The van der Waals surface area contributed by atoms with Gasteiger partial charge in [-0.2, -0.15) is 9.29 Å². The zero-order valence-electron chi connectivity index (χ0n) is 16.0. The van der Waals surface area contributed by atoms with Gasteiger partial charge in [0.05, 0.1) is 12.9 Å². The van der Waals surface area contributed by atoms with Crippen molar-refractivity contribution in [3.05, 3.63) is 47.7 Å². The number of benzene rings is 1. The fourth-order valence-corrected chi connectivity index (χ4v) is 4.89. The van der Waals surface area contributed by atoms with Gasteiger partial charge in [0.25, 0.3) is 15.9 Å². The third-order valence-corrected chi connectivity index (χ3v) is 6.72. The van der Waals surface area contributed by atoms with E-state index < -0.39 is 10.0 Å². The van der Waals surface area contributed by atoms with Crippen molar-refractivity contribution in [3.8, 4) is 11.5 Å². The zero-order chi connectivity index (χ0) is 19.7. The molecule has 3 heterocycles. The monoisotopic (exact) mass is 401 g/mol. The van der Waals surface area contributed by atoms with E-state index in [1.807, 2.05) is 26.0 Å². The van der Waals surface area contributed by atoms with E-state index in [1.165, 1.54) is 22.4 Å². The van der Waals surface area contributed by atoms with Gasteiger partial charge in [0.1, 0.15) is 0 Å². The van der Waals surface area contributed by atoms with Crippen LogP contribution in [0.4, 0.5) is 0 Å². The summed E-state index contributed by atoms with van der Waals surface area (Å²) in [4.78, 5) is 8.54. The van der Waals surface area contributed by atoms with Gasteiger partial charge in [0.15, 0.2) is 10.9 Å². The first-order valence-corrected chi connectivity index (χ1v) is 10.8. The molecule has 0 bridgehead atoms. The van der Waals surface area contributed by atoms with E-state index in [-0.39, 0.29) is 11.6 Å². The molecule has 0 unspecified atom stereocenters. The number of sulfonamides is 1. The lowest BCUT2D eigenvalue weighted by Crippen LogP contribution is -2.35. The maximum absolute atomic E-state index is 12.7. The quantitative estimate of drug-likeness (QED) is 0.652. The Morgan fingerprint density at radius 1 is 1.14 bits per heavy atom. The van der Waals surface area contributed by atoms with Crippen LogP contribution in [0.25, 0.3) is 11.5 Å². The fourth-order valence-electron chi connectivity index (χ4n) is 3.44. The van der Waals surface area contributed by atoms with Crippen molar-refractivity contribution < 1.29 is 12.9 Å². The van der Waals surface area contributed by atoms with Gasteiger partial charge >= 0.3 is 0 Å². The number of aryl methyl sites for hydroxylation is 2. The summed E-state index contributed by atoms with van der Waals surface area (Å²) in [5, 5.41) is 4.08. The van der Waals surface area contributed by atoms with E-state index in [0.29, 0.717) is 24.8 Å². The zero-order valence-corrected chi connectivity index (χ0v) is 16.8. The summed E-state index contributed by atoms with van der Waals surface area (Å²) in [5.41, 5.74) is 3.12. The van der Waals surface area contributed by atoms with Crippen LogP contribution >= 0.6 is 0 Å². The summed E-state index contributed by atoms with van der Waals surface area (Å²) < 4.78 is 34.0. The molecule has 28 heavy (non-hydrogen) atoms. The highest BCUT2D eigenvalue weighted by Gasteiger charge is 2.28. The molecule has 3 aromatic rings. The predicted octanol–water partition coefficient (Wildman–Crippen LogP) is 2.77. The molecular weight excluding hydrogens is 378 g/mol. The van der Waals surface area contributed by atoms with Crippen LogP contribution in [0.5, 0.6) is 0 Å². The second-order valence-electron chi connectivity index (χ2n) is 7.18.